The standard InChI is InChI=1S/C16H14FNO2S2/c17-11-8-6-10(7-9-11)13-14(16(18)21)15(13)22(19,20)12-4-2-1-3-5-12/h1-9,13-15H,(H2,18,21)/t13-,14+,15+/m1/s1. The minimum absolute atomic E-state index is 0.179. The zero-order valence-corrected chi connectivity index (χ0v) is 13.1. The summed E-state index contributed by atoms with van der Waals surface area (Å²) in [7, 11) is -3.53. The number of rotatable bonds is 4. The average Bonchev–Trinajstić information content (AvgIpc) is 3.25. The van der Waals surface area contributed by atoms with E-state index in [0.717, 1.165) is 5.56 Å². The van der Waals surface area contributed by atoms with Crippen LogP contribution in [-0.4, -0.2) is 18.7 Å². The molecule has 6 heteroatoms. The maximum absolute atomic E-state index is 13.1. The lowest BCUT2D eigenvalue weighted by Gasteiger charge is -2.04. The van der Waals surface area contributed by atoms with Crippen LogP contribution in [0.25, 0.3) is 0 Å². The van der Waals surface area contributed by atoms with Crippen molar-refractivity contribution in [3.63, 3.8) is 0 Å². The highest BCUT2D eigenvalue weighted by Gasteiger charge is 2.60. The van der Waals surface area contributed by atoms with Crippen molar-refractivity contribution in [2.24, 2.45) is 11.7 Å². The van der Waals surface area contributed by atoms with Gasteiger partial charge in [-0.3, -0.25) is 0 Å². The Bertz CT molecular complexity index is 804. The number of sulfone groups is 1. The first kappa shape index (κ1) is 15.1. The normalized spacial score (nSPS) is 24.0. The third-order valence-corrected chi connectivity index (χ3v) is 6.47. The summed E-state index contributed by atoms with van der Waals surface area (Å²) in [6.07, 6.45) is 0. The van der Waals surface area contributed by atoms with Crippen molar-refractivity contribution < 1.29 is 12.8 Å². The van der Waals surface area contributed by atoms with Crippen LogP contribution in [0.3, 0.4) is 0 Å². The minimum Gasteiger partial charge on any atom is -0.393 e. The summed E-state index contributed by atoms with van der Waals surface area (Å²) in [6.45, 7) is 0. The van der Waals surface area contributed by atoms with Gasteiger partial charge in [0.05, 0.1) is 15.1 Å². The van der Waals surface area contributed by atoms with E-state index in [9.17, 15) is 12.8 Å². The fourth-order valence-electron chi connectivity index (χ4n) is 2.86. The van der Waals surface area contributed by atoms with Gasteiger partial charge >= 0.3 is 0 Å². The maximum atomic E-state index is 13.1. The Morgan fingerprint density at radius 1 is 1.05 bits per heavy atom. The zero-order valence-electron chi connectivity index (χ0n) is 11.5. The molecule has 0 saturated heterocycles. The Labute approximate surface area is 133 Å². The van der Waals surface area contributed by atoms with Gasteiger partial charge in [-0.15, -0.1) is 0 Å². The summed E-state index contributed by atoms with van der Waals surface area (Å²) in [6, 6.07) is 14.0. The van der Waals surface area contributed by atoms with Gasteiger partial charge in [-0.2, -0.15) is 0 Å². The summed E-state index contributed by atoms with van der Waals surface area (Å²) < 4.78 is 38.6. The average molecular weight is 335 g/mol. The van der Waals surface area contributed by atoms with E-state index in [1.54, 1.807) is 42.5 Å². The van der Waals surface area contributed by atoms with Gasteiger partial charge < -0.3 is 5.73 Å². The van der Waals surface area contributed by atoms with Gasteiger partial charge in [-0.05, 0) is 29.8 Å². The Hall–Kier alpha value is -1.79. The summed E-state index contributed by atoms with van der Waals surface area (Å²) in [5, 5.41) is -0.683. The minimum atomic E-state index is -3.53. The van der Waals surface area contributed by atoms with Crippen LogP contribution in [0.15, 0.2) is 59.5 Å². The Morgan fingerprint density at radius 2 is 1.64 bits per heavy atom. The predicted molar refractivity (Wildman–Crippen MR) is 86.8 cm³/mol. The third kappa shape index (κ3) is 2.53. The second-order valence-corrected chi connectivity index (χ2v) is 7.91. The molecule has 0 bridgehead atoms. The van der Waals surface area contributed by atoms with Gasteiger partial charge in [0, 0.05) is 11.8 Å². The lowest BCUT2D eigenvalue weighted by molar-refractivity contribution is 0.593. The molecule has 22 heavy (non-hydrogen) atoms. The molecule has 3 atom stereocenters. The first-order chi connectivity index (χ1) is 10.4. The van der Waals surface area contributed by atoms with Crippen LogP contribution < -0.4 is 5.73 Å². The fourth-order valence-corrected chi connectivity index (χ4v) is 5.41. The van der Waals surface area contributed by atoms with E-state index in [1.807, 2.05) is 0 Å². The van der Waals surface area contributed by atoms with Crippen LogP contribution in [-0.2, 0) is 9.84 Å². The molecule has 2 aromatic carbocycles. The Balaban J connectivity index is 1.99. The van der Waals surface area contributed by atoms with E-state index >= 15 is 0 Å². The number of benzene rings is 2. The van der Waals surface area contributed by atoms with Gasteiger partial charge in [-0.1, -0.05) is 42.5 Å². The Morgan fingerprint density at radius 3 is 2.18 bits per heavy atom. The number of thiocarbonyl (C=S) groups is 1. The molecule has 114 valence electrons. The van der Waals surface area contributed by atoms with Crippen molar-refractivity contribution >= 4 is 27.0 Å². The predicted octanol–water partition coefficient (Wildman–Crippen LogP) is 2.67. The summed E-state index contributed by atoms with van der Waals surface area (Å²) >= 11 is 5.02. The van der Waals surface area contributed by atoms with Crippen molar-refractivity contribution in [2.45, 2.75) is 16.1 Å². The highest BCUT2D eigenvalue weighted by molar-refractivity contribution is 7.92. The van der Waals surface area contributed by atoms with E-state index in [0.29, 0.717) is 0 Å². The molecule has 3 rings (SSSR count). The maximum Gasteiger partial charge on any atom is 0.182 e. The lowest BCUT2D eigenvalue weighted by atomic mass is 10.1. The lowest BCUT2D eigenvalue weighted by Crippen LogP contribution is -2.17. The highest BCUT2D eigenvalue weighted by Crippen LogP contribution is 2.54. The molecule has 0 radical (unpaired) electrons. The molecule has 0 heterocycles. The van der Waals surface area contributed by atoms with Crippen molar-refractivity contribution in [3.05, 3.63) is 66.0 Å². The van der Waals surface area contributed by atoms with Gasteiger partial charge in [-0.25, -0.2) is 12.8 Å². The highest BCUT2D eigenvalue weighted by atomic mass is 32.2. The number of nitrogens with two attached hydrogens (primary N) is 1. The van der Waals surface area contributed by atoms with E-state index in [2.05, 4.69) is 0 Å². The van der Waals surface area contributed by atoms with E-state index in [-0.39, 0.29) is 21.6 Å². The number of halogens is 1. The van der Waals surface area contributed by atoms with Crippen LogP contribution in [0.2, 0.25) is 0 Å². The molecule has 2 aromatic rings. The smallest absolute Gasteiger partial charge is 0.182 e. The fraction of sp³-hybridized carbons (Fsp3) is 0.188. The molecule has 1 fully saturated rings. The third-order valence-electron chi connectivity index (χ3n) is 3.97. The first-order valence-corrected chi connectivity index (χ1v) is 8.72. The first-order valence-electron chi connectivity index (χ1n) is 6.76. The molecule has 0 aromatic heterocycles. The van der Waals surface area contributed by atoms with Crippen molar-refractivity contribution in [1.82, 2.24) is 0 Å². The van der Waals surface area contributed by atoms with Gasteiger partial charge in [0.2, 0.25) is 0 Å². The number of hydrogen-bond donors (Lipinski definition) is 1. The summed E-state index contributed by atoms with van der Waals surface area (Å²) in [4.78, 5) is 0.435. The molecular formula is C16H14FNO2S2. The van der Waals surface area contributed by atoms with Gasteiger partial charge in [0.25, 0.3) is 0 Å². The van der Waals surface area contributed by atoms with Gasteiger partial charge in [0.15, 0.2) is 9.84 Å². The molecule has 1 saturated carbocycles. The molecule has 0 spiro atoms. The molecule has 1 aliphatic rings. The molecule has 0 amide bonds. The summed E-state index contributed by atoms with van der Waals surface area (Å²) in [5.41, 5.74) is 6.45. The van der Waals surface area contributed by atoms with Crippen molar-refractivity contribution in [1.29, 1.82) is 0 Å². The quantitative estimate of drug-likeness (QED) is 0.873. The molecule has 1 aliphatic carbocycles. The molecule has 0 aliphatic heterocycles. The van der Waals surface area contributed by atoms with E-state index in [1.165, 1.54) is 12.1 Å². The molecular weight excluding hydrogens is 321 g/mol. The zero-order chi connectivity index (χ0) is 15.9. The van der Waals surface area contributed by atoms with Crippen LogP contribution in [0, 0.1) is 11.7 Å². The van der Waals surface area contributed by atoms with Gasteiger partial charge in [0.1, 0.15) is 5.82 Å². The monoisotopic (exact) mass is 335 g/mol. The van der Waals surface area contributed by atoms with E-state index in [4.69, 9.17) is 18.0 Å². The van der Waals surface area contributed by atoms with Crippen LogP contribution in [0.1, 0.15) is 11.5 Å². The van der Waals surface area contributed by atoms with E-state index < -0.39 is 21.0 Å². The largest absolute Gasteiger partial charge is 0.393 e. The molecule has 0 unspecified atom stereocenters. The van der Waals surface area contributed by atoms with Crippen LogP contribution in [0.5, 0.6) is 0 Å². The number of hydrogen-bond acceptors (Lipinski definition) is 3. The summed E-state index contributed by atoms with van der Waals surface area (Å²) in [5.74, 6) is -1.09. The topological polar surface area (TPSA) is 60.2 Å². The van der Waals surface area contributed by atoms with Crippen LogP contribution in [0.4, 0.5) is 4.39 Å². The molecule has 3 nitrogen and oxygen atoms in total. The second-order valence-electron chi connectivity index (χ2n) is 5.33. The second kappa shape index (κ2) is 5.44. The Kier molecular flexibility index (Phi) is 3.74. The van der Waals surface area contributed by atoms with Crippen molar-refractivity contribution in [3.8, 4) is 0 Å². The molecule has 2 N–H and O–H groups in total. The SMILES string of the molecule is NC(=S)[C@H]1[C@@H](c2ccc(F)cc2)[C@@H]1S(=O)(=O)c1ccccc1. The van der Waals surface area contributed by atoms with Crippen LogP contribution >= 0.6 is 12.2 Å². The van der Waals surface area contributed by atoms with Crippen molar-refractivity contribution in [2.75, 3.05) is 0 Å².